The van der Waals surface area contributed by atoms with Crippen molar-refractivity contribution in [2.45, 2.75) is 39.2 Å². The van der Waals surface area contributed by atoms with E-state index in [9.17, 15) is 0 Å². The van der Waals surface area contributed by atoms with Crippen molar-refractivity contribution in [3.05, 3.63) is 54.7 Å². The molecule has 0 spiro atoms. The van der Waals surface area contributed by atoms with Crippen molar-refractivity contribution in [3.63, 3.8) is 0 Å². The Hall–Kier alpha value is -1.34. The molecule has 0 aliphatic heterocycles. The Morgan fingerprint density at radius 2 is 1.89 bits per heavy atom. The molecule has 0 fully saturated rings. The van der Waals surface area contributed by atoms with Crippen LogP contribution in [0.3, 0.4) is 0 Å². The van der Waals surface area contributed by atoms with Crippen LogP contribution in [0.15, 0.2) is 49.1 Å². The van der Waals surface area contributed by atoms with E-state index in [1.165, 1.54) is 35.9 Å². The molecule has 2 aromatic rings. The van der Waals surface area contributed by atoms with Gasteiger partial charge in [0.2, 0.25) is 5.52 Å². The summed E-state index contributed by atoms with van der Waals surface area (Å²) in [6.07, 6.45) is 6.99. The number of unbranched alkanes of at least 4 members (excludes halogenated alkanes) is 2. The van der Waals surface area contributed by atoms with Gasteiger partial charge in [0, 0.05) is 23.9 Å². The molecule has 0 saturated heterocycles. The van der Waals surface area contributed by atoms with Gasteiger partial charge in [-0.05, 0) is 24.6 Å². The molecule has 0 N–H and O–H groups in total. The fourth-order valence-corrected chi connectivity index (χ4v) is 2.42. The van der Waals surface area contributed by atoms with E-state index >= 15 is 0 Å². The minimum Gasteiger partial charge on any atom is -1.00 e. The molecule has 1 heterocycles. The van der Waals surface area contributed by atoms with E-state index in [0.717, 1.165) is 13.0 Å². The summed E-state index contributed by atoms with van der Waals surface area (Å²) in [6.45, 7) is 7.02. The molecule has 2 rings (SSSR count). The van der Waals surface area contributed by atoms with Crippen LogP contribution in [0.1, 0.15) is 31.9 Å². The number of aromatic nitrogens is 1. The summed E-state index contributed by atoms with van der Waals surface area (Å²) in [5.41, 5.74) is 2.73. The number of pyridine rings is 1. The van der Waals surface area contributed by atoms with Crippen LogP contribution in [0.25, 0.3) is 10.9 Å². The number of hydrogen-bond acceptors (Lipinski definition) is 0. The fourth-order valence-electron chi connectivity index (χ4n) is 2.42. The lowest BCUT2D eigenvalue weighted by molar-refractivity contribution is -0.668. The Kier molecular flexibility index (Phi) is 6.58. The molecule has 0 amide bonds. The van der Waals surface area contributed by atoms with E-state index < -0.39 is 0 Å². The summed E-state index contributed by atoms with van der Waals surface area (Å²) in [7, 11) is 0. The molecule has 0 unspecified atom stereocenters. The van der Waals surface area contributed by atoms with Crippen molar-refractivity contribution < 1.29 is 17.0 Å². The molecule has 1 nitrogen and oxygen atoms in total. The van der Waals surface area contributed by atoms with Gasteiger partial charge in [-0.2, -0.15) is 4.57 Å². The highest BCUT2D eigenvalue weighted by molar-refractivity contribution is 5.75. The topological polar surface area (TPSA) is 3.88 Å². The SMILES string of the molecule is C=CC[n+]1c(CCCCC)ccc2ccccc21.[Cl-]. The third-order valence-corrected chi connectivity index (χ3v) is 3.38. The molecule has 0 aliphatic rings. The summed E-state index contributed by atoms with van der Waals surface area (Å²) < 4.78 is 2.39. The maximum atomic E-state index is 3.88. The number of benzene rings is 1. The number of aryl methyl sites for hydroxylation is 1. The zero-order valence-corrected chi connectivity index (χ0v) is 12.4. The summed E-state index contributed by atoms with van der Waals surface area (Å²) in [6, 6.07) is 13.1. The van der Waals surface area contributed by atoms with E-state index in [4.69, 9.17) is 0 Å². The molecule has 0 saturated carbocycles. The van der Waals surface area contributed by atoms with Crippen molar-refractivity contribution in [3.8, 4) is 0 Å². The first-order chi connectivity index (χ1) is 8.86. The van der Waals surface area contributed by atoms with Gasteiger partial charge in [-0.3, -0.25) is 0 Å². The van der Waals surface area contributed by atoms with Gasteiger partial charge >= 0.3 is 0 Å². The molecule has 2 heteroatoms. The Morgan fingerprint density at radius 1 is 1.11 bits per heavy atom. The molecule has 0 bridgehead atoms. The predicted molar refractivity (Wildman–Crippen MR) is 77.6 cm³/mol. The zero-order chi connectivity index (χ0) is 12.8. The maximum Gasteiger partial charge on any atom is 0.212 e. The van der Waals surface area contributed by atoms with Gasteiger partial charge in [-0.25, -0.2) is 0 Å². The van der Waals surface area contributed by atoms with E-state index in [1.807, 2.05) is 6.08 Å². The Labute approximate surface area is 122 Å². The maximum absolute atomic E-state index is 3.88. The van der Waals surface area contributed by atoms with E-state index in [2.05, 4.69) is 54.5 Å². The van der Waals surface area contributed by atoms with Crippen LogP contribution in [-0.2, 0) is 13.0 Å². The van der Waals surface area contributed by atoms with E-state index in [1.54, 1.807) is 0 Å². The predicted octanol–water partition coefficient (Wildman–Crippen LogP) is 1.05. The first-order valence-electron chi connectivity index (χ1n) is 6.88. The van der Waals surface area contributed by atoms with Crippen LogP contribution in [0.5, 0.6) is 0 Å². The van der Waals surface area contributed by atoms with Crippen LogP contribution in [0, 0.1) is 0 Å². The first-order valence-corrected chi connectivity index (χ1v) is 6.88. The molecule has 0 aliphatic carbocycles. The highest BCUT2D eigenvalue weighted by atomic mass is 35.5. The standard InChI is InChI=1S/C17H22N.ClH/c1-3-5-6-10-16-13-12-15-9-7-8-11-17(15)18(16)14-4-2;/h4,7-9,11-13H,2-3,5-6,10,14H2,1H3;1H/q+1;/p-1. The number of rotatable bonds is 6. The number of halogens is 1. The lowest BCUT2D eigenvalue weighted by Crippen LogP contribution is -3.00. The van der Waals surface area contributed by atoms with Crippen LogP contribution < -0.4 is 17.0 Å². The highest BCUT2D eigenvalue weighted by Crippen LogP contribution is 2.12. The van der Waals surface area contributed by atoms with Gasteiger partial charge in [0.05, 0.1) is 0 Å². The average Bonchev–Trinajstić information content (AvgIpc) is 2.41. The number of para-hydroxylation sites is 1. The van der Waals surface area contributed by atoms with Crippen molar-refractivity contribution in [1.29, 1.82) is 0 Å². The number of fused-ring (bicyclic) bond motifs is 1. The number of allylic oxidation sites excluding steroid dienone is 1. The third-order valence-electron chi connectivity index (χ3n) is 3.38. The zero-order valence-electron chi connectivity index (χ0n) is 11.6. The van der Waals surface area contributed by atoms with Gasteiger partial charge in [-0.1, -0.05) is 38.5 Å². The summed E-state index contributed by atoms with van der Waals surface area (Å²) >= 11 is 0. The van der Waals surface area contributed by atoms with Gasteiger partial charge in [0.1, 0.15) is 0 Å². The first kappa shape index (κ1) is 15.7. The minimum absolute atomic E-state index is 0. The van der Waals surface area contributed by atoms with Crippen LogP contribution in [-0.4, -0.2) is 0 Å². The van der Waals surface area contributed by atoms with Crippen molar-refractivity contribution >= 4 is 10.9 Å². The second-order valence-corrected chi connectivity index (χ2v) is 4.74. The molecule has 1 aromatic carbocycles. The molecule has 102 valence electrons. The average molecular weight is 276 g/mol. The normalized spacial score (nSPS) is 10.2. The number of nitrogens with zero attached hydrogens (tertiary/aromatic N) is 1. The molecular weight excluding hydrogens is 254 g/mol. The molecule has 0 radical (unpaired) electrons. The largest absolute Gasteiger partial charge is 1.00 e. The third kappa shape index (κ3) is 3.81. The van der Waals surface area contributed by atoms with Gasteiger partial charge < -0.3 is 12.4 Å². The summed E-state index contributed by atoms with van der Waals surface area (Å²) in [5, 5.41) is 1.30. The number of hydrogen-bond donors (Lipinski definition) is 0. The highest BCUT2D eigenvalue weighted by Gasteiger charge is 2.13. The molecule has 0 atom stereocenters. The van der Waals surface area contributed by atoms with Crippen molar-refractivity contribution in [2.24, 2.45) is 0 Å². The van der Waals surface area contributed by atoms with Crippen molar-refractivity contribution in [2.75, 3.05) is 0 Å². The van der Waals surface area contributed by atoms with Crippen molar-refractivity contribution in [1.82, 2.24) is 0 Å². The summed E-state index contributed by atoms with van der Waals surface area (Å²) in [5.74, 6) is 0. The Bertz CT molecular complexity index is 534. The second kappa shape index (κ2) is 7.96. The van der Waals surface area contributed by atoms with E-state index in [-0.39, 0.29) is 12.4 Å². The van der Waals surface area contributed by atoms with Gasteiger partial charge in [-0.15, -0.1) is 0 Å². The van der Waals surface area contributed by atoms with Crippen LogP contribution in [0.2, 0.25) is 0 Å². The lowest BCUT2D eigenvalue weighted by Gasteiger charge is -2.05. The lowest BCUT2D eigenvalue weighted by atomic mass is 10.1. The quantitative estimate of drug-likeness (QED) is 0.422. The minimum atomic E-state index is 0. The Morgan fingerprint density at radius 3 is 2.63 bits per heavy atom. The molecule has 19 heavy (non-hydrogen) atoms. The fraction of sp³-hybridized carbons (Fsp3) is 0.353. The Balaban J connectivity index is 0.00000180. The van der Waals surface area contributed by atoms with Gasteiger partial charge in [0.15, 0.2) is 12.2 Å². The molecule has 1 aromatic heterocycles. The van der Waals surface area contributed by atoms with E-state index in [0.29, 0.717) is 0 Å². The second-order valence-electron chi connectivity index (χ2n) is 4.74. The molecular formula is C17H22ClN. The summed E-state index contributed by atoms with van der Waals surface area (Å²) in [4.78, 5) is 0. The smallest absolute Gasteiger partial charge is 0.212 e. The van der Waals surface area contributed by atoms with Gasteiger partial charge in [0.25, 0.3) is 0 Å². The van der Waals surface area contributed by atoms with Crippen LogP contribution in [0.4, 0.5) is 0 Å². The monoisotopic (exact) mass is 275 g/mol. The van der Waals surface area contributed by atoms with Crippen LogP contribution >= 0.6 is 0 Å².